The van der Waals surface area contributed by atoms with Crippen molar-refractivity contribution >= 4 is 55.8 Å². The van der Waals surface area contributed by atoms with Crippen LogP contribution in [0.5, 0.6) is 0 Å². The molecule has 258 valence electrons. The van der Waals surface area contributed by atoms with Crippen molar-refractivity contribution < 1.29 is 12.8 Å². The minimum Gasteiger partial charge on any atom is -0.361 e. The fourth-order valence-electron chi connectivity index (χ4n) is 6.67. The summed E-state index contributed by atoms with van der Waals surface area (Å²) in [7, 11) is -4.08. The van der Waals surface area contributed by atoms with Crippen LogP contribution >= 0.6 is 23.2 Å². The van der Waals surface area contributed by atoms with Crippen molar-refractivity contribution in [2.75, 3.05) is 39.3 Å². The van der Waals surface area contributed by atoms with Crippen LogP contribution in [0, 0.1) is 5.82 Å². The van der Waals surface area contributed by atoms with Crippen LogP contribution in [-0.2, 0) is 16.4 Å². The van der Waals surface area contributed by atoms with Crippen LogP contribution in [0.25, 0.3) is 10.9 Å². The van der Waals surface area contributed by atoms with Gasteiger partial charge in [-0.25, -0.2) is 9.40 Å². The van der Waals surface area contributed by atoms with Crippen molar-refractivity contribution in [3.8, 4) is 0 Å². The van der Waals surface area contributed by atoms with Gasteiger partial charge < -0.3 is 9.88 Å². The van der Waals surface area contributed by atoms with Gasteiger partial charge in [0.2, 0.25) is 5.96 Å². The molecule has 2 aliphatic heterocycles. The Labute approximate surface area is 301 Å². The third kappa shape index (κ3) is 7.73. The van der Waals surface area contributed by atoms with Crippen molar-refractivity contribution in [2.24, 2.45) is 9.50 Å². The zero-order valence-corrected chi connectivity index (χ0v) is 29.7. The highest BCUT2D eigenvalue weighted by Gasteiger charge is 2.35. The average molecular weight is 732 g/mol. The van der Waals surface area contributed by atoms with E-state index in [4.69, 9.17) is 28.3 Å². The molecule has 0 unspecified atom stereocenters. The molecule has 1 atom stereocenters. The largest absolute Gasteiger partial charge is 0.361 e. The lowest BCUT2D eigenvalue weighted by atomic mass is 9.91. The zero-order valence-electron chi connectivity index (χ0n) is 27.4. The van der Waals surface area contributed by atoms with Crippen molar-refractivity contribution in [3.63, 3.8) is 0 Å². The first-order chi connectivity index (χ1) is 24.2. The number of sulfonamides is 1. The molecule has 0 spiro atoms. The number of aryl methyl sites for hydroxylation is 1. The zero-order chi connectivity index (χ0) is 34.7. The van der Waals surface area contributed by atoms with Crippen LogP contribution in [0.4, 0.5) is 4.39 Å². The molecule has 1 fully saturated rings. The topological polar surface area (TPSA) is 84.4 Å². The summed E-state index contributed by atoms with van der Waals surface area (Å²) in [4.78, 5) is 7.73. The summed E-state index contributed by atoms with van der Waals surface area (Å²) < 4.78 is 45.8. The van der Waals surface area contributed by atoms with Gasteiger partial charge in [-0.2, -0.15) is 13.5 Å². The van der Waals surface area contributed by atoms with Gasteiger partial charge in [-0.3, -0.25) is 4.90 Å². The average Bonchev–Trinajstić information content (AvgIpc) is 3.75. The Hall–Kier alpha value is -4.22. The highest BCUT2D eigenvalue weighted by atomic mass is 35.5. The fraction of sp³-hybridized carbons (Fsp3) is 0.263. The first-order valence-electron chi connectivity index (χ1n) is 16.7. The number of piperazine rings is 1. The molecule has 5 aromatic rings. The fourth-order valence-corrected chi connectivity index (χ4v) is 7.93. The second kappa shape index (κ2) is 14.9. The van der Waals surface area contributed by atoms with Gasteiger partial charge in [0.15, 0.2) is 0 Å². The van der Waals surface area contributed by atoms with E-state index in [2.05, 4.69) is 26.4 Å². The van der Waals surface area contributed by atoms with Crippen LogP contribution in [0.15, 0.2) is 118 Å². The van der Waals surface area contributed by atoms with E-state index in [-0.39, 0.29) is 16.6 Å². The van der Waals surface area contributed by atoms with Crippen LogP contribution in [-0.4, -0.2) is 79.2 Å². The number of benzene rings is 4. The molecule has 0 amide bonds. The summed E-state index contributed by atoms with van der Waals surface area (Å²) in [6.07, 6.45) is 4.82. The normalized spacial score (nSPS) is 17.5. The number of guanidine groups is 1. The number of rotatable bonds is 9. The Balaban J connectivity index is 1.10. The highest BCUT2D eigenvalue weighted by Crippen LogP contribution is 2.31. The maximum Gasteiger partial charge on any atom is 0.285 e. The first kappa shape index (κ1) is 34.2. The number of fused-ring (bicyclic) bond motifs is 1. The smallest absolute Gasteiger partial charge is 0.285 e. The summed E-state index contributed by atoms with van der Waals surface area (Å²) in [5.41, 5.74) is 4.89. The molecule has 0 aliphatic carbocycles. The SMILES string of the molecule is O=S(=O)(/N=C(/N1CCN(CCCCc2c[nH]c3ccc(F)cc23)CC1)N1C[C@H](c2ccccc2)C(c2ccc(Cl)cc2)=N1)c1ccc(Cl)cc1. The Morgan fingerprint density at radius 3 is 2.30 bits per heavy atom. The van der Waals surface area contributed by atoms with Crippen LogP contribution in [0.1, 0.15) is 35.4 Å². The van der Waals surface area contributed by atoms with Crippen molar-refractivity contribution in [3.05, 3.63) is 136 Å². The Morgan fingerprint density at radius 1 is 0.880 bits per heavy atom. The molecular weight excluding hydrogens is 694 g/mol. The Morgan fingerprint density at radius 2 is 1.58 bits per heavy atom. The van der Waals surface area contributed by atoms with E-state index in [1.807, 2.05) is 53.6 Å². The number of hydrogen-bond acceptors (Lipinski definition) is 4. The van der Waals surface area contributed by atoms with Crippen molar-refractivity contribution in [2.45, 2.75) is 30.1 Å². The summed E-state index contributed by atoms with van der Waals surface area (Å²) in [5, 5.41) is 8.81. The molecular formula is C38H37Cl2FN6O2S. The monoisotopic (exact) mass is 730 g/mol. The summed E-state index contributed by atoms with van der Waals surface area (Å²) >= 11 is 12.3. The molecule has 1 saturated heterocycles. The first-order valence-corrected chi connectivity index (χ1v) is 18.9. The third-order valence-corrected chi connectivity index (χ3v) is 11.1. The molecule has 2 aliphatic rings. The summed E-state index contributed by atoms with van der Waals surface area (Å²) in [6, 6.07) is 28.6. The maximum absolute atomic E-state index is 13.8. The molecule has 0 radical (unpaired) electrons. The Bertz CT molecular complexity index is 2110. The molecule has 7 rings (SSSR count). The minimum absolute atomic E-state index is 0.0664. The van der Waals surface area contributed by atoms with Gasteiger partial charge in [-0.15, -0.1) is 4.40 Å². The van der Waals surface area contributed by atoms with E-state index in [0.717, 1.165) is 72.2 Å². The van der Waals surface area contributed by atoms with E-state index in [0.29, 0.717) is 35.6 Å². The van der Waals surface area contributed by atoms with Gasteiger partial charge in [-0.1, -0.05) is 65.7 Å². The number of nitrogens with zero attached hydrogens (tertiary/aromatic N) is 5. The molecule has 12 heteroatoms. The number of aromatic nitrogens is 1. The number of aromatic amines is 1. The van der Waals surface area contributed by atoms with Gasteiger partial charge in [0, 0.05) is 59.2 Å². The van der Waals surface area contributed by atoms with E-state index >= 15 is 0 Å². The maximum atomic E-state index is 13.8. The molecule has 8 nitrogen and oxygen atoms in total. The molecule has 4 aromatic carbocycles. The summed E-state index contributed by atoms with van der Waals surface area (Å²) in [5.74, 6) is -0.0386. The van der Waals surface area contributed by atoms with Crippen LogP contribution < -0.4 is 0 Å². The predicted octanol–water partition coefficient (Wildman–Crippen LogP) is 7.80. The number of unbranched alkanes of at least 4 members (excludes halogenated alkanes) is 1. The Kier molecular flexibility index (Phi) is 10.2. The van der Waals surface area contributed by atoms with E-state index in [9.17, 15) is 12.8 Å². The highest BCUT2D eigenvalue weighted by molar-refractivity contribution is 7.90. The number of nitrogens with one attached hydrogen (secondary N) is 1. The molecule has 1 aromatic heterocycles. The molecule has 1 N–H and O–H groups in total. The van der Waals surface area contributed by atoms with Crippen molar-refractivity contribution in [1.29, 1.82) is 0 Å². The second-order valence-electron chi connectivity index (χ2n) is 12.6. The number of H-pyrrole nitrogens is 1. The molecule has 3 heterocycles. The lowest BCUT2D eigenvalue weighted by Crippen LogP contribution is -2.52. The number of hydrazone groups is 1. The van der Waals surface area contributed by atoms with E-state index in [1.54, 1.807) is 29.3 Å². The van der Waals surface area contributed by atoms with E-state index in [1.165, 1.54) is 18.2 Å². The minimum atomic E-state index is -4.08. The lowest BCUT2D eigenvalue weighted by molar-refractivity contribution is 0.168. The van der Waals surface area contributed by atoms with Gasteiger partial charge in [0.25, 0.3) is 10.0 Å². The van der Waals surface area contributed by atoms with Gasteiger partial charge in [0.1, 0.15) is 5.82 Å². The van der Waals surface area contributed by atoms with Gasteiger partial charge in [0.05, 0.1) is 17.2 Å². The standard InChI is InChI=1S/C38H37Cl2FN6O2S/c39-30-11-9-28(10-12-30)37-35(27-6-2-1-3-7-27)26-47(43-37)38(44-50(48,49)33-16-13-31(40)14-17-33)46-22-20-45(21-23-46)19-5-4-8-29-25-42-36-18-15-32(41)24-34(29)36/h1-3,6-7,9-18,24-25,35,42H,4-5,8,19-23,26H2/b44-38-/t35-/m1/s1. The van der Waals surface area contributed by atoms with Crippen LogP contribution in [0.3, 0.4) is 0 Å². The van der Waals surface area contributed by atoms with Crippen LogP contribution in [0.2, 0.25) is 10.0 Å². The predicted molar refractivity (Wildman–Crippen MR) is 199 cm³/mol. The third-order valence-electron chi connectivity index (χ3n) is 9.36. The molecule has 50 heavy (non-hydrogen) atoms. The van der Waals surface area contributed by atoms with E-state index < -0.39 is 10.0 Å². The molecule has 0 bridgehead atoms. The second-order valence-corrected chi connectivity index (χ2v) is 15.1. The van der Waals surface area contributed by atoms with Gasteiger partial charge in [-0.05, 0) is 97.1 Å². The number of hydrogen-bond donors (Lipinski definition) is 1. The quantitative estimate of drug-likeness (QED) is 0.0951. The van der Waals surface area contributed by atoms with Gasteiger partial charge >= 0.3 is 0 Å². The number of halogens is 3. The summed E-state index contributed by atoms with van der Waals surface area (Å²) in [6.45, 7) is 4.03. The van der Waals surface area contributed by atoms with Crippen molar-refractivity contribution in [1.82, 2.24) is 19.8 Å². The molecule has 0 saturated carbocycles. The lowest BCUT2D eigenvalue weighted by Gasteiger charge is -2.38.